The molecule has 0 saturated carbocycles. The minimum Gasteiger partial charge on any atom is -0.464 e. The third-order valence-corrected chi connectivity index (χ3v) is 2.79. The lowest BCUT2D eigenvalue weighted by atomic mass is 10.2. The maximum atomic E-state index is 10.7. The SMILES string of the molecule is CC(=O)SCC(O)C(O)c1ccc(C)o1. The summed E-state index contributed by atoms with van der Waals surface area (Å²) in [5.41, 5.74) is 0. The molecule has 2 N–H and O–H groups in total. The summed E-state index contributed by atoms with van der Waals surface area (Å²) in [6.45, 7) is 3.17. The van der Waals surface area contributed by atoms with Gasteiger partial charge in [-0.25, -0.2) is 0 Å². The number of carbonyl (C=O) groups excluding carboxylic acids is 1. The van der Waals surface area contributed by atoms with Gasteiger partial charge in [0.05, 0.1) is 6.10 Å². The fourth-order valence-corrected chi connectivity index (χ4v) is 1.68. The van der Waals surface area contributed by atoms with Crippen LogP contribution in [0.3, 0.4) is 0 Å². The summed E-state index contributed by atoms with van der Waals surface area (Å²) in [5, 5.41) is 19.1. The molecule has 0 aliphatic carbocycles. The Balaban J connectivity index is 2.52. The molecule has 2 unspecified atom stereocenters. The van der Waals surface area contributed by atoms with Gasteiger partial charge in [0.1, 0.15) is 17.6 Å². The van der Waals surface area contributed by atoms with Crippen molar-refractivity contribution < 1.29 is 19.4 Å². The van der Waals surface area contributed by atoms with Crippen molar-refractivity contribution in [1.29, 1.82) is 0 Å². The van der Waals surface area contributed by atoms with E-state index in [-0.39, 0.29) is 10.9 Å². The number of carbonyl (C=O) groups is 1. The Labute approximate surface area is 92.3 Å². The lowest BCUT2D eigenvalue weighted by molar-refractivity contribution is -0.109. The van der Waals surface area contributed by atoms with E-state index in [0.717, 1.165) is 11.8 Å². The molecular weight excluding hydrogens is 216 g/mol. The Morgan fingerprint density at radius 1 is 1.53 bits per heavy atom. The molecule has 0 saturated heterocycles. The summed E-state index contributed by atoms with van der Waals surface area (Å²) in [7, 11) is 0. The molecule has 1 rings (SSSR count). The predicted molar refractivity (Wildman–Crippen MR) is 57.6 cm³/mol. The van der Waals surface area contributed by atoms with Crippen LogP contribution in [-0.2, 0) is 4.79 Å². The Kier molecular flexibility index (Phi) is 4.38. The third-order valence-electron chi connectivity index (χ3n) is 1.87. The molecule has 0 bridgehead atoms. The molecule has 0 spiro atoms. The van der Waals surface area contributed by atoms with Crippen LogP contribution in [0.15, 0.2) is 16.5 Å². The predicted octanol–water partition coefficient (Wildman–Crippen LogP) is 1.26. The van der Waals surface area contributed by atoms with Crippen molar-refractivity contribution in [3.63, 3.8) is 0 Å². The first-order valence-electron chi connectivity index (χ1n) is 4.56. The van der Waals surface area contributed by atoms with Crippen LogP contribution in [0, 0.1) is 6.92 Å². The zero-order valence-electron chi connectivity index (χ0n) is 8.64. The van der Waals surface area contributed by atoms with E-state index in [9.17, 15) is 15.0 Å². The second-order valence-electron chi connectivity index (χ2n) is 3.26. The van der Waals surface area contributed by atoms with Gasteiger partial charge in [-0.1, -0.05) is 11.8 Å². The minimum atomic E-state index is -1.08. The van der Waals surface area contributed by atoms with E-state index in [4.69, 9.17) is 4.42 Å². The van der Waals surface area contributed by atoms with Crippen LogP contribution in [-0.4, -0.2) is 27.2 Å². The summed E-state index contributed by atoms with van der Waals surface area (Å²) in [5.74, 6) is 1.16. The lowest BCUT2D eigenvalue weighted by Gasteiger charge is -2.14. The smallest absolute Gasteiger partial charge is 0.185 e. The second-order valence-corrected chi connectivity index (χ2v) is 4.46. The van der Waals surface area contributed by atoms with Crippen LogP contribution in [0.4, 0.5) is 0 Å². The van der Waals surface area contributed by atoms with Gasteiger partial charge in [0.2, 0.25) is 0 Å². The van der Waals surface area contributed by atoms with Gasteiger partial charge in [-0.2, -0.15) is 0 Å². The molecule has 0 radical (unpaired) electrons. The van der Waals surface area contributed by atoms with E-state index in [1.807, 2.05) is 0 Å². The molecule has 2 atom stereocenters. The molecule has 0 aromatic carbocycles. The Bertz CT molecular complexity index is 334. The topological polar surface area (TPSA) is 70.7 Å². The average molecular weight is 230 g/mol. The van der Waals surface area contributed by atoms with Crippen molar-refractivity contribution in [2.75, 3.05) is 5.75 Å². The van der Waals surface area contributed by atoms with E-state index < -0.39 is 12.2 Å². The Morgan fingerprint density at radius 2 is 2.20 bits per heavy atom. The zero-order valence-corrected chi connectivity index (χ0v) is 9.45. The van der Waals surface area contributed by atoms with Gasteiger partial charge in [0.15, 0.2) is 5.12 Å². The maximum Gasteiger partial charge on any atom is 0.185 e. The molecule has 0 amide bonds. The third kappa shape index (κ3) is 3.70. The normalized spacial score (nSPS) is 14.9. The van der Waals surface area contributed by atoms with Crippen molar-refractivity contribution in [2.45, 2.75) is 26.1 Å². The summed E-state index contributed by atoms with van der Waals surface area (Å²) >= 11 is 0.979. The largest absolute Gasteiger partial charge is 0.464 e. The molecule has 0 fully saturated rings. The standard InChI is InChI=1S/C10H14O4S/c1-6-3-4-9(14-6)10(13)8(12)5-15-7(2)11/h3-4,8,10,12-13H,5H2,1-2H3. The molecule has 4 nitrogen and oxygen atoms in total. The van der Waals surface area contributed by atoms with Gasteiger partial charge in [0.25, 0.3) is 0 Å². The maximum absolute atomic E-state index is 10.7. The van der Waals surface area contributed by atoms with Crippen LogP contribution in [0.5, 0.6) is 0 Å². The average Bonchev–Trinajstić information content (AvgIpc) is 2.60. The fourth-order valence-electron chi connectivity index (χ4n) is 1.10. The number of aliphatic hydroxyl groups is 2. The van der Waals surface area contributed by atoms with E-state index in [1.165, 1.54) is 6.92 Å². The van der Waals surface area contributed by atoms with Gasteiger partial charge in [-0.15, -0.1) is 0 Å². The highest BCUT2D eigenvalue weighted by atomic mass is 32.2. The number of hydrogen-bond donors (Lipinski definition) is 2. The van der Waals surface area contributed by atoms with E-state index in [1.54, 1.807) is 19.1 Å². The summed E-state index contributed by atoms with van der Waals surface area (Å²) in [4.78, 5) is 10.7. The van der Waals surface area contributed by atoms with Crippen LogP contribution in [0.25, 0.3) is 0 Å². The molecule has 15 heavy (non-hydrogen) atoms. The van der Waals surface area contributed by atoms with Gasteiger partial charge in [-0.05, 0) is 19.1 Å². The van der Waals surface area contributed by atoms with Crippen molar-refractivity contribution in [3.05, 3.63) is 23.7 Å². The molecule has 0 aliphatic heterocycles. The molecular formula is C10H14O4S. The van der Waals surface area contributed by atoms with Crippen molar-refractivity contribution in [1.82, 2.24) is 0 Å². The van der Waals surface area contributed by atoms with Crippen LogP contribution >= 0.6 is 11.8 Å². The van der Waals surface area contributed by atoms with Crippen molar-refractivity contribution in [2.24, 2.45) is 0 Å². The van der Waals surface area contributed by atoms with Gasteiger partial charge >= 0.3 is 0 Å². The zero-order chi connectivity index (χ0) is 11.4. The summed E-state index contributed by atoms with van der Waals surface area (Å²) in [6, 6.07) is 3.32. The van der Waals surface area contributed by atoms with Crippen LogP contribution < -0.4 is 0 Å². The fraction of sp³-hybridized carbons (Fsp3) is 0.500. The first kappa shape index (κ1) is 12.3. The monoisotopic (exact) mass is 230 g/mol. The van der Waals surface area contributed by atoms with Crippen molar-refractivity contribution in [3.8, 4) is 0 Å². The Morgan fingerprint density at radius 3 is 2.67 bits per heavy atom. The first-order chi connectivity index (χ1) is 7.00. The number of thioether (sulfide) groups is 1. The number of aliphatic hydroxyl groups excluding tert-OH is 2. The number of aryl methyl sites for hydroxylation is 1. The van der Waals surface area contributed by atoms with E-state index in [0.29, 0.717) is 11.5 Å². The van der Waals surface area contributed by atoms with Gasteiger partial charge in [-0.3, -0.25) is 4.79 Å². The van der Waals surface area contributed by atoms with E-state index >= 15 is 0 Å². The number of furan rings is 1. The highest BCUT2D eigenvalue weighted by Crippen LogP contribution is 2.21. The quantitative estimate of drug-likeness (QED) is 0.815. The number of rotatable bonds is 4. The molecule has 1 aromatic heterocycles. The van der Waals surface area contributed by atoms with Crippen LogP contribution in [0.1, 0.15) is 24.5 Å². The second kappa shape index (κ2) is 5.34. The lowest BCUT2D eigenvalue weighted by Crippen LogP contribution is -2.20. The minimum absolute atomic E-state index is 0.0862. The van der Waals surface area contributed by atoms with Crippen molar-refractivity contribution >= 4 is 16.9 Å². The first-order valence-corrected chi connectivity index (χ1v) is 5.55. The summed E-state index contributed by atoms with van der Waals surface area (Å²) in [6.07, 6.45) is -2.07. The molecule has 0 aliphatic rings. The molecule has 1 aromatic rings. The Hall–Kier alpha value is -0.780. The van der Waals surface area contributed by atoms with E-state index in [2.05, 4.69) is 0 Å². The molecule has 5 heteroatoms. The van der Waals surface area contributed by atoms with Crippen LogP contribution in [0.2, 0.25) is 0 Å². The molecule has 84 valence electrons. The highest BCUT2D eigenvalue weighted by molar-refractivity contribution is 8.13. The van der Waals surface area contributed by atoms with Gasteiger partial charge < -0.3 is 14.6 Å². The highest BCUT2D eigenvalue weighted by Gasteiger charge is 2.21. The van der Waals surface area contributed by atoms with Gasteiger partial charge in [0, 0.05) is 12.7 Å². The number of hydrogen-bond acceptors (Lipinski definition) is 5. The molecule has 1 heterocycles. The summed E-state index contributed by atoms with van der Waals surface area (Å²) < 4.78 is 5.17.